The summed E-state index contributed by atoms with van der Waals surface area (Å²) in [5.74, 6) is -0.703. The number of nitrogens with zero attached hydrogens (tertiary/aromatic N) is 2. The largest absolute Gasteiger partial charge is 0.506 e. The maximum Gasteiger partial charge on any atom is 0.268 e. The van der Waals surface area contributed by atoms with Gasteiger partial charge in [-0.3, -0.25) is 14.2 Å². The molecular formula is C19H27KN3O3S. The fourth-order valence-corrected chi connectivity index (χ4v) is 4.60. The van der Waals surface area contributed by atoms with Gasteiger partial charge < -0.3 is 15.3 Å². The van der Waals surface area contributed by atoms with Crippen molar-refractivity contribution in [3.63, 3.8) is 0 Å². The second kappa shape index (κ2) is 10.5. The molecule has 0 spiro atoms. The zero-order valence-corrected chi connectivity index (χ0v) is 20.4. The maximum atomic E-state index is 12.8. The quantitative estimate of drug-likeness (QED) is 0.561. The molecule has 0 aromatic carbocycles. The molecule has 27 heavy (non-hydrogen) atoms. The number of amides is 1. The fourth-order valence-electron chi connectivity index (χ4n) is 3.57. The molecule has 2 aromatic rings. The molecule has 143 valence electrons. The predicted molar refractivity (Wildman–Crippen MR) is 111 cm³/mol. The van der Waals surface area contributed by atoms with Crippen LogP contribution in [0, 0.1) is 0 Å². The number of aromatic hydroxyl groups is 1. The van der Waals surface area contributed by atoms with Gasteiger partial charge in [0.15, 0.2) is 0 Å². The Hall–Kier alpha value is -0.224. The van der Waals surface area contributed by atoms with E-state index in [2.05, 4.69) is 10.2 Å². The average molecular weight is 417 g/mol. The Morgan fingerprint density at radius 1 is 1.30 bits per heavy atom. The molecule has 1 fully saturated rings. The number of piperidine rings is 1. The summed E-state index contributed by atoms with van der Waals surface area (Å²) in [6.45, 7) is 7.50. The van der Waals surface area contributed by atoms with E-state index in [1.165, 1.54) is 30.6 Å². The van der Waals surface area contributed by atoms with E-state index in [4.69, 9.17) is 0 Å². The zero-order chi connectivity index (χ0) is 18.7. The van der Waals surface area contributed by atoms with Gasteiger partial charge in [0.2, 0.25) is 0 Å². The van der Waals surface area contributed by atoms with Crippen molar-refractivity contribution in [2.24, 2.45) is 0 Å². The van der Waals surface area contributed by atoms with E-state index in [1.807, 2.05) is 19.2 Å². The molecule has 3 heterocycles. The molecule has 1 aliphatic rings. The summed E-state index contributed by atoms with van der Waals surface area (Å²) in [6, 6.07) is 1.66. The van der Waals surface area contributed by atoms with E-state index in [-0.39, 0.29) is 68.7 Å². The first kappa shape index (κ1) is 23.1. The van der Waals surface area contributed by atoms with E-state index in [0.717, 1.165) is 26.1 Å². The molecule has 2 aromatic heterocycles. The Bertz CT molecular complexity index is 841. The molecule has 0 aliphatic carbocycles. The van der Waals surface area contributed by atoms with Crippen molar-refractivity contribution in [3.05, 3.63) is 27.4 Å². The monoisotopic (exact) mass is 416 g/mol. The van der Waals surface area contributed by atoms with Gasteiger partial charge in [0.25, 0.3) is 11.5 Å². The molecular weight excluding hydrogens is 389 g/mol. The topological polar surface area (TPSA) is 74.6 Å². The van der Waals surface area contributed by atoms with Crippen LogP contribution in [0.5, 0.6) is 5.75 Å². The van der Waals surface area contributed by atoms with Crippen LogP contribution in [0.25, 0.3) is 10.2 Å². The number of pyridine rings is 1. The van der Waals surface area contributed by atoms with Crippen molar-refractivity contribution in [3.8, 4) is 5.75 Å². The van der Waals surface area contributed by atoms with E-state index >= 15 is 0 Å². The molecule has 1 radical (unpaired) electrons. The SMILES string of the molecule is CC(C)n1c(=O)c(C(=O)NCCCN2CCCCC2)c(O)c2ccsc21.[K]. The third-order valence-corrected chi connectivity index (χ3v) is 5.83. The van der Waals surface area contributed by atoms with Gasteiger partial charge in [-0.1, -0.05) is 6.42 Å². The number of fused-ring (bicyclic) bond motifs is 1. The Morgan fingerprint density at radius 3 is 2.67 bits per heavy atom. The van der Waals surface area contributed by atoms with Crippen molar-refractivity contribution in [2.75, 3.05) is 26.2 Å². The number of aromatic nitrogens is 1. The van der Waals surface area contributed by atoms with E-state index in [1.54, 1.807) is 10.6 Å². The van der Waals surface area contributed by atoms with Crippen LogP contribution >= 0.6 is 11.3 Å². The smallest absolute Gasteiger partial charge is 0.268 e. The summed E-state index contributed by atoms with van der Waals surface area (Å²) in [5, 5.41) is 15.7. The number of thiophene rings is 1. The van der Waals surface area contributed by atoms with Crippen LogP contribution in [-0.4, -0.2) is 98.0 Å². The second-order valence-electron chi connectivity index (χ2n) is 7.14. The van der Waals surface area contributed by atoms with Crippen molar-refractivity contribution < 1.29 is 9.90 Å². The van der Waals surface area contributed by atoms with Gasteiger partial charge in [-0.05, 0) is 64.2 Å². The summed E-state index contributed by atoms with van der Waals surface area (Å²) in [4.78, 5) is 28.5. The van der Waals surface area contributed by atoms with E-state index in [0.29, 0.717) is 16.8 Å². The summed E-state index contributed by atoms with van der Waals surface area (Å²) in [7, 11) is 0. The Labute approximate surface area is 206 Å². The van der Waals surface area contributed by atoms with Crippen LogP contribution in [0.4, 0.5) is 0 Å². The van der Waals surface area contributed by atoms with Gasteiger partial charge in [-0.2, -0.15) is 0 Å². The number of likely N-dealkylation sites (tertiary alicyclic amines) is 1. The first-order valence-electron chi connectivity index (χ1n) is 9.36. The molecule has 0 saturated carbocycles. The minimum Gasteiger partial charge on any atom is -0.506 e. The first-order chi connectivity index (χ1) is 12.5. The van der Waals surface area contributed by atoms with Gasteiger partial charge >= 0.3 is 0 Å². The standard InChI is InChI=1S/C19H27N3O3S.K/c1-13(2)22-18(25)15(16(23)14-7-12-26-19(14)22)17(24)20-8-6-11-21-9-4-3-5-10-21;/h7,12-13,23H,3-6,8-11H2,1-2H3,(H,20,24);. The van der Waals surface area contributed by atoms with Crippen molar-refractivity contribution >= 4 is 78.8 Å². The molecule has 2 N–H and O–H groups in total. The molecule has 0 unspecified atom stereocenters. The molecule has 8 heteroatoms. The average Bonchev–Trinajstić information content (AvgIpc) is 3.09. The number of hydrogen-bond donors (Lipinski definition) is 2. The number of rotatable bonds is 6. The normalized spacial score (nSPS) is 15.1. The summed E-state index contributed by atoms with van der Waals surface area (Å²) in [5.41, 5.74) is -0.580. The van der Waals surface area contributed by atoms with Gasteiger partial charge in [0, 0.05) is 64.0 Å². The molecule has 1 aliphatic heterocycles. The van der Waals surface area contributed by atoms with E-state index in [9.17, 15) is 14.7 Å². The van der Waals surface area contributed by atoms with Crippen LogP contribution in [0.3, 0.4) is 0 Å². The molecule has 1 amide bonds. The Morgan fingerprint density at radius 2 is 2.00 bits per heavy atom. The number of carbonyl (C=O) groups is 1. The van der Waals surface area contributed by atoms with Crippen molar-refractivity contribution in [1.29, 1.82) is 0 Å². The van der Waals surface area contributed by atoms with E-state index < -0.39 is 11.5 Å². The van der Waals surface area contributed by atoms with Crippen LogP contribution < -0.4 is 10.9 Å². The molecule has 0 atom stereocenters. The number of nitrogens with one attached hydrogen (secondary N) is 1. The van der Waals surface area contributed by atoms with Gasteiger partial charge in [-0.25, -0.2) is 0 Å². The molecule has 3 rings (SSSR count). The van der Waals surface area contributed by atoms with Crippen LogP contribution in [0.15, 0.2) is 16.2 Å². The second-order valence-corrected chi connectivity index (χ2v) is 8.04. The maximum absolute atomic E-state index is 12.8. The minimum atomic E-state index is -0.492. The Balaban J connectivity index is 0.00000261. The third-order valence-electron chi connectivity index (χ3n) is 4.92. The number of carbonyl (C=O) groups excluding carboxylic acids is 1. The minimum absolute atomic E-state index is 0. The zero-order valence-electron chi connectivity index (χ0n) is 16.5. The Kier molecular flexibility index (Phi) is 8.99. The van der Waals surface area contributed by atoms with Crippen molar-refractivity contribution in [1.82, 2.24) is 14.8 Å². The van der Waals surface area contributed by atoms with Crippen molar-refractivity contribution in [2.45, 2.75) is 45.6 Å². The van der Waals surface area contributed by atoms with Gasteiger partial charge in [0.1, 0.15) is 16.1 Å². The van der Waals surface area contributed by atoms with Crippen LogP contribution in [0.1, 0.15) is 55.9 Å². The molecule has 6 nitrogen and oxygen atoms in total. The van der Waals surface area contributed by atoms with Crippen LogP contribution in [-0.2, 0) is 0 Å². The fraction of sp³-hybridized carbons (Fsp3) is 0.579. The number of hydrogen-bond acceptors (Lipinski definition) is 5. The summed E-state index contributed by atoms with van der Waals surface area (Å²) < 4.78 is 1.59. The molecule has 1 saturated heterocycles. The molecule has 0 bridgehead atoms. The predicted octanol–water partition coefficient (Wildman–Crippen LogP) is 2.57. The summed E-state index contributed by atoms with van der Waals surface area (Å²) in [6.07, 6.45) is 4.64. The third kappa shape index (κ3) is 5.23. The van der Waals surface area contributed by atoms with Gasteiger partial charge in [-0.15, -0.1) is 11.3 Å². The first-order valence-corrected chi connectivity index (χ1v) is 10.2. The van der Waals surface area contributed by atoms with Gasteiger partial charge in [0.05, 0.1) is 5.39 Å². The van der Waals surface area contributed by atoms with Crippen LogP contribution in [0.2, 0.25) is 0 Å². The summed E-state index contributed by atoms with van der Waals surface area (Å²) >= 11 is 1.39.